The topological polar surface area (TPSA) is 81.2 Å². The zero-order chi connectivity index (χ0) is 19.4. The summed E-state index contributed by atoms with van der Waals surface area (Å²) in [5.74, 6) is -0.0818. The Labute approximate surface area is 165 Å². The summed E-state index contributed by atoms with van der Waals surface area (Å²) in [5, 5.41) is 4.43. The highest BCUT2D eigenvalue weighted by Crippen LogP contribution is 2.35. The fourth-order valence-corrected chi connectivity index (χ4v) is 4.52. The van der Waals surface area contributed by atoms with Crippen LogP contribution in [0.1, 0.15) is 16.3 Å². The highest BCUT2D eigenvalue weighted by Gasteiger charge is 2.16. The van der Waals surface area contributed by atoms with Crippen LogP contribution in [0.5, 0.6) is 0 Å². The number of carbonyl (C=O) groups excluding carboxylic acids is 2. The first-order valence-electron chi connectivity index (χ1n) is 8.31. The third-order valence-electron chi connectivity index (χ3n) is 3.86. The van der Waals surface area contributed by atoms with Gasteiger partial charge < -0.3 is 10.1 Å². The van der Waals surface area contributed by atoms with Gasteiger partial charge in [0.15, 0.2) is 6.61 Å². The number of fused-ring (bicyclic) bond motifs is 1. The zero-order valence-corrected chi connectivity index (χ0v) is 16.9. The van der Waals surface area contributed by atoms with Gasteiger partial charge in [0, 0.05) is 16.0 Å². The summed E-state index contributed by atoms with van der Waals surface area (Å²) in [6.07, 6.45) is 0. The first-order valence-corrected chi connectivity index (χ1v) is 10.1. The summed E-state index contributed by atoms with van der Waals surface area (Å²) in [6, 6.07) is 9.02. The Morgan fingerprint density at radius 3 is 2.63 bits per heavy atom. The number of ether oxygens (including phenoxy) is 1. The van der Waals surface area contributed by atoms with Crippen LogP contribution in [0.3, 0.4) is 0 Å². The van der Waals surface area contributed by atoms with E-state index in [-0.39, 0.29) is 18.3 Å². The van der Waals surface area contributed by atoms with Crippen molar-refractivity contribution in [2.75, 3.05) is 17.7 Å². The molecule has 27 heavy (non-hydrogen) atoms. The minimum Gasteiger partial charge on any atom is -0.455 e. The van der Waals surface area contributed by atoms with Gasteiger partial charge in [0.1, 0.15) is 15.7 Å². The molecule has 0 saturated carbocycles. The van der Waals surface area contributed by atoms with Crippen molar-refractivity contribution in [3.8, 4) is 0 Å². The van der Waals surface area contributed by atoms with E-state index in [2.05, 4.69) is 15.3 Å². The normalized spacial score (nSPS) is 10.8. The summed E-state index contributed by atoms with van der Waals surface area (Å²) in [4.78, 5) is 34.9. The van der Waals surface area contributed by atoms with E-state index in [1.54, 1.807) is 23.5 Å². The summed E-state index contributed by atoms with van der Waals surface area (Å²) in [5.41, 5.74) is 1.79. The minimum atomic E-state index is -0.461. The number of hydrogen-bond donors (Lipinski definition) is 1. The average Bonchev–Trinajstić information content (AvgIpc) is 2.92. The number of aryl methyl sites for hydroxylation is 3. The van der Waals surface area contributed by atoms with Gasteiger partial charge in [-0.3, -0.25) is 9.59 Å². The number of thiophene rings is 1. The van der Waals surface area contributed by atoms with Crippen molar-refractivity contribution in [3.63, 3.8) is 0 Å². The quantitative estimate of drug-likeness (QED) is 0.383. The average molecular weight is 402 g/mol. The van der Waals surface area contributed by atoms with Crippen molar-refractivity contribution in [1.82, 2.24) is 9.97 Å². The van der Waals surface area contributed by atoms with Gasteiger partial charge in [0.2, 0.25) is 0 Å². The zero-order valence-electron chi connectivity index (χ0n) is 15.2. The van der Waals surface area contributed by atoms with Crippen LogP contribution >= 0.6 is 23.1 Å². The number of esters is 1. The predicted molar refractivity (Wildman–Crippen MR) is 108 cm³/mol. The molecule has 0 aliphatic rings. The summed E-state index contributed by atoms with van der Waals surface area (Å²) < 4.78 is 5.06. The smallest absolute Gasteiger partial charge is 0.316 e. The van der Waals surface area contributed by atoms with Gasteiger partial charge in [0.25, 0.3) is 5.91 Å². The van der Waals surface area contributed by atoms with Crippen molar-refractivity contribution in [1.29, 1.82) is 0 Å². The van der Waals surface area contributed by atoms with Gasteiger partial charge in [-0.25, -0.2) is 9.97 Å². The number of hydrogen-bond acceptors (Lipinski definition) is 7. The maximum Gasteiger partial charge on any atom is 0.316 e. The molecule has 3 aromatic rings. The number of anilines is 1. The molecular formula is C19H19N3O3S2. The fraction of sp³-hybridized carbons (Fsp3) is 0.263. The van der Waals surface area contributed by atoms with Crippen LogP contribution in [-0.4, -0.2) is 34.2 Å². The molecule has 6 nitrogen and oxygen atoms in total. The van der Waals surface area contributed by atoms with Crippen LogP contribution in [0.25, 0.3) is 10.2 Å². The standard InChI is InChI=1S/C19H19N3O3S2/c1-11-12(2)27-19-17(11)18(20-13(3)21-19)26-10-16(24)25-9-15(23)22-14-7-5-4-6-8-14/h4-8H,9-10H2,1-3H3,(H,22,23). The first-order chi connectivity index (χ1) is 12.9. The Bertz CT molecular complexity index is 987. The summed E-state index contributed by atoms with van der Waals surface area (Å²) in [6.45, 7) is 5.59. The molecule has 0 fully saturated rings. The van der Waals surface area contributed by atoms with Gasteiger partial charge in [-0.1, -0.05) is 30.0 Å². The van der Waals surface area contributed by atoms with E-state index in [9.17, 15) is 9.59 Å². The van der Waals surface area contributed by atoms with Crippen molar-refractivity contribution in [2.24, 2.45) is 0 Å². The first kappa shape index (κ1) is 19.3. The van der Waals surface area contributed by atoms with Gasteiger partial charge in [-0.05, 0) is 38.5 Å². The number of benzene rings is 1. The van der Waals surface area contributed by atoms with Crippen LogP contribution in [-0.2, 0) is 14.3 Å². The molecule has 0 radical (unpaired) electrons. The molecule has 0 bridgehead atoms. The molecule has 0 aliphatic heterocycles. The Morgan fingerprint density at radius 2 is 1.89 bits per heavy atom. The lowest BCUT2D eigenvalue weighted by molar-refractivity contribution is -0.144. The fourth-order valence-electron chi connectivity index (χ4n) is 2.45. The Morgan fingerprint density at radius 1 is 1.15 bits per heavy atom. The molecule has 1 N–H and O–H groups in total. The number of para-hydroxylation sites is 1. The molecule has 1 amide bonds. The number of thioether (sulfide) groups is 1. The molecule has 8 heteroatoms. The third kappa shape index (κ3) is 4.84. The molecule has 140 valence electrons. The molecule has 2 aromatic heterocycles. The van der Waals surface area contributed by atoms with Crippen molar-refractivity contribution >= 4 is 50.9 Å². The maximum absolute atomic E-state index is 12.0. The van der Waals surface area contributed by atoms with E-state index in [1.165, 1.54) is 16.6 Å². The minimum absolute atomic E-state index is 0.0818. The number of rotatable bonds is 6. The molecule has 0 spiro atoms. The molecule has 0 saturated heterocycles. The molecule has 0 unspecified atom stereocenters. The highest BCUT2D eigenvalue weighted by atomic mass is 32.2. The Balaban J connectivity index is 1.56. The number of nitrogens with zero attached hydrogens (tertiary/aromatic N) is 2. The second-order valence-corrected chi connectivity index (χ2v) is 8.07. The molecule has 1 aromatic carbocycles. The van der Waals surface area contributed by atoms with Crippen molar-refractivity contribution in [2.45, 2.75) is 25.8 Å². The molecular weight excluding hydrogens is 382 g/mol. The Hall–Kier alpha value is -2.45. The van der Waals surface area contributed by atoms with E-state index in [0.29, 0.717) is 11.5 Å². The van der Waals surface area contributed by atoms with E-state index in [4.69, 9.17) is 4.74 Å². The molecule has 0 atom stereocenters. The lowest BCUT2D eigenvalue weighted by Gasteiger charge is -2.07. The van der Waals surface area contributed by atoms with Crippen LogP contribution in [0, 0.1) is 20.8 Å². The molecule has 0 aliphatic carbocycles. The predicted octanol–water partition coefficient (Wildman–Crippen LogP) is 3.89. The monoisotopic (exact) mass is 401 g/mol. The largest absolute Gasteiger partial charge is 0.455 e. The van der Waals surface area contributed by atoms with E-state index >= 15 is 0 Å². The number of amides is 1. The van der Waals surface area contributed by atoms with E-state index in [0.717, 1.165) is 20.8 Å². The van der Waals surface area contributed by atoms with Crippen LogP contribution in [0.15, 0.2) is 35.4 Å². The van der Waals surface area contributed by atoms with Gasteiger partial charge in [-0.15, -0.1) is 11.3 Å². The number of nitrogens with one attached hydrogen (secondary N) is 1. The number of carbonyl (C=O) groups is 2. The third-order valence-corrected chi connectivity index (χ3v) is 5.91. The lowest BCUT2D eigenvalue weighted by Crippen LogP contribution is -2.21. The van der Waals surface area contributed by atoms with E-state index < -0.39 is 5.97 Å². The van der Waals surface area contributed by atoms with Gasteiger partial charge in [0.05, 0.1) is 5.75 Å². The van der Waals surface area contributed by atoms with Crippen LogP contribution < -0.4 is 5.32 Å². The number of aromatic nitrogens is 2. The van der Waals surface area contributed by atoms with Gasteiger partial charge >= 0.3 is 5.97 Å². The van der Waals surface area contributed by atoms with E-state index in [1.807, 2.05) is 39.0 Å². The Kier molecular flexibility index (Phi) is 6.08. The van der Waals surface area contributed by atoms with Crippen LogP contribution in [0.4, 0.5) is 5.69 Å². The highest BCUT2D eigenvalue weighted by molar-refractivity contribution is 8.00. The summed E-state index contributed by atoms with van der Waals surface area (Å²) in [7, 11) is 0. The van der Waals surface area contributed by atoms with Gasteiger partial charge in [-0.2, -0.15) is 0 Å². The molecule has 2 heterocycles. The van der Waals surface area contributed by atoms with Crippen LogP contribution in [0.2, 0.25) is 0 Å². The van der Waals surface area contributed by atoms with Crippen molar-refractivity contribution in [3.05, 3.63) is 46.6 Å². The second-order valence-electron chi connectivity index (χ2n) is 5.90. The SMILES string of the molecule is Cc1nc(SCC(=O)OCC(=O)Nc2ccccc2)c2c(C)c(C)sc2n1. The molecule has 3 rings (SSSR count). The maximum atomic E-state index is 12.0. The lowest BCUT2D eigenvalue weighted by atomic mass is 10.2. The summed E-state index contributed by atoms with van der Waals surface area (Å²) >= 11 is 2.93. The second kappa shape index (κ2) is 8.49. The van der Waals surface area contributed by atoms with Crippen molar-refractivity contribution < 1.29 is 14.3 Å².